The van der Waals surface area contributed by atoms with Gasteiger partial charge in [0, 0.05) is 29.1 Å². The Morgan fingerprint density at radius 3 is 3.12 bits per heavy atom. The Morgan fingerprint density at radius 2 is 2.29 bits per heavy atom. The molecule has 1 aromatic heterocycles. The van der Waals surface area contributed by atoms with Gasteiger partial charge in [-0.15, -0.1) is 0 Å². The van der Waals surface area contributed by atoms with Crippen LogP contribution in [0.1, 0.15) is 17.9 Å². The molecule has 2 atom stereocenters. The lowest BCUT2D eigenvalue weighted by Gasteiger charge is -2.22. The van der Waals surface area contributed by atoms with Gasteiger partial charge in [0.2, 0.25) is 0 Å². The van der Waals surface area contributed by atoms with E-state index >= 15 is 0 Å². The summed E-state index contributed by atoms with van der Waals surface area (Å²) < 4.78 is 12.1. The molecule has 3 rings (SSSR count). The molecule has 1 aromatic carbocycles. The molecular formula is C13H16N2OS. The first-order chi connectivity index (χ1) is 8.31. The van der Waals surface area contributed by atoms with Gasteiger partial charge < -0.3 is 10.3 Å². The highest BCUT2D eigenvalue weighted by atomic mass is 32.2. The van der Waals surface area contributed by atoms with Crippen molar-refractivity contribution in [3.8, 4) is 0 Å². The number of benzene rings is 1. The fourth-order valence-electron chi connectivity index (χ4n) is 2.67. The van der Waals surface area contributed by atoms with Crippen LogP contribution < -0.4 is 5.32 Å². The van der Waals surface area contributed by atoms with Crippen LogP contribution in [0.4, 0.5) is 0 Å². The molecule has 0 saturated heterocycles. The molecule has 2 unspecified atom stereocenters. The summed E-state index contributed by atoms with van der Waals surface area (Å²) in [4.78, 5) is 3.33. The quantitative estimate of drug-likeness (QED) is 0.853. The summed E-state index contributed by atoms with van der Waals surface area (Å²) in [6, 6.07) is 8.24. The fraction of sp³-hybridized carbons (Fsp3) is 0.385. The van der Waals surface area contributed by atoms with E-state index in [0.29, 0.717) is 5.92 Å². The minimum Gasteiger partial charge on any atom is -0.347 e. The fourth-order valence-corrected chi connectivity index (χ4v) is 4.12. The van der Waals surface area contributed by atoms with Gasteiger partial charge in [-0.25, -0.2) is 0 Å². The van der Waals surface area contributed by atoms with Crippen LogP contribution >= 0.6 is 0 Å². The molecular weight excluding hydrogens is 232 g/mol. The Balaban J connectivity index is 2.22. The van der Waals surface area contributed by atoms with Crippen molar-refractivity contribution in [1.29, 1.82) is 0 Å². The number of hydrogen-bond donors (Lipinski definition) is 2. The molecule has 2 heterocycles. The van der Waals surface area contributed by atoms with Crippen LogP contribution in [0.2, 0.25) is 0 Å². The molecule has 1 aliphatic rings. The molecule has 2 N–H and O–H groups in total. The van der Waals surface area contributed by atoms with Crippen molar-refractivity contribution in [2.24, 2.45) is 0 Å². The van der Waals surface area contributed by atoms with Gasteiger partial charge in [0.15, 0.2) is 0 Å². The van der Waals surface area contributed by atoms with E-state index in [9.17, 15) is 4.21 Å². The molecule has 0 radical (unpaired) electrons. The Labute approximate surface area is 103 Å². The second-order valence-electron chi connectivity index (χ2n) is 4.51. The summed E-state index contributed by atoms with van der Waals surface area (Å²) >= 11 is 0. The van der Waals surface area contributed by atoms with Gasteiger partial charge in [-0.05, 0) is 25.1 Å². The number of hydrogen-bond acceptors (Lipinski definition) is 2. The summed E-state index contributed by atoms with van der Waals surface area (Å²) in [7, 11) is 1.12. The summed E-state index contributed by atoms with van der Waals surface area (Å²) in [5.41, 5.74) is 2.37. The SMILES string of the molecule is CNCC1CCS(=O)c2[nH]c3ccccc3c21. The number of likely N-dealkylation sites (N-methyl/N-ethyl adjacent to an activating group) is 1. The van der Waals surface area contributed by atoms with E-state index < -0.39 is 10.8 Å². The highest BCUT2D eigenvalue weighted by Gasteiger charge is 2.28. The summed E-state index contributed by atoms with van der Waals surface area (Å²) in [5.74, 6) is 1.25. The van der Waals surface area contributed by atoms with Gasteiger partial charge in [-0.3, -0.25) is 4.21 Å². The number of fused-ring (bicyclic) bond motifs is 3. The first-order valence-corrected chi connectivity index (χ1v) is 7.26. The Kier molecular flexibility index (Phi) is 2.76. The topological polar surface area (TPSA) is 44.9 Å². The van der Waals surface area contributed by atoms with E-state index in [1.807, 2.05) is 19.2 Å². The number of rotatable bonds is 2. The maximum atomic E-state index is 12.1. The smallest absolute Gasteiger partial charge is 0.108 e. The van der Waals surface area contributed by atoms with Crippen molar-refractivity contribution in [3.05, 3.63) is 29.8 Å². The van der Waals surface area contributed by atoms with Gasteiger partial charge >= 0.3 is 0 Å². The highest BCUT2D eigenvalue weighted by molar-refractivity contribution is 7.85. The molecule has 0 aliphatic carbocycles. The van der Waals surface area contributed by atoms with E-state index in [4.69, 9.17) is 0 Å². The largest absolute Gasteiger partial charge is 0.347 e. The van der Waals surface area contributed by atoms with E-state index in [1.165, 1.54) is 10.9 Å². The number of nitrogens with one attached hydrogen (secondary N) is 2. The van der Waals surface area contributed by atoms with Crippen LogP contribution in [-0.4, -0.2) is 28.5 Å². The molecule has 2 aromatic rings. The molecule has 0 bridgehead atoms. The Hall–Kier alpha value is -1.13. The molecule has 0 spiro atoms. The normalized spacial score (nSPS) is 23.8. The lowest BCUT2D eigenvalue weighted by molar-refractivity contribution is 0.587. The van der Waals surface area contributed by atoms with Gasteiger partial charge in [-0.1, -0.05) is 18.2 Å². The molecule has 17 heavy (non-hydrogen) atoms. The third-order valence-corrected chi connectivity index (χ3v) is 4.83. The van der Waals surface area contributed by atoms with Crippen LogP contribution in [-0.2, 0) is 10.8 Å². The van der Waals surface area contributed by atoms with E-state index in [-0.39, 0.29) is 0 Å². The van der Waals surface area contributed by atoms with Gasteiger partial charge in [-0.2, -0.15) is 0 Å². The maximum Gasteiger partial charge on any atom is 0.108 e. The zero-order valence-corrected chi connectivity index (χ0v) is 10.6. The molecule has 3 nitrogen and oxygen atoms in total. The van der Waals surface area contributed by atoms with Crippen LogP contribution in [0.15, 0.2) is 29.3 Å². The molecule has 1 aliphatic heterocycles. The van der Waals surface area contributed by atoms with Crippen LogP contribution in [0.5, 0.6) is 0 Å². The third-order valence-electron chi connectivity index (χ3n) is 3.45. The van der Waals surface area contributed by atoms with Crippen molar-refractivity contribution < 1.29 is 4.21 Å². The monoisotopic (exact) mass is 248 g/mol. The first-order valence-electron chi connectivity index (χ1n) is 5.95. The number of aromatic amines is 1. The molecule has 0 saturated carbocycles. The van der Waals surface area contributed by atoms with Crippen molar-refractivity contribution in [3.63, 3.8) is 0 Å². The number of para-hydroxylation sites is 1. The lowest BCUT2D eigenvalue weighted by atomic mass is 9.95. The zero-order valence-electron chi connectivity index (χ0n) is 9.82. The van der Waals surface area contributed by atoms with Crippen LogP contribution in [0.3, 0.4) is 0 Å². The molecule has 0 fully saturated rings. The van der Waals surface area contributed by atoms with Crippen molar-refractivity contribution in [1.82, 2.24) is 10.3 Å². The van der Waals surface area contributed by atoms with Gasteiger partial charge in [0.25, 0.3) is 0 Å². The highest BCUT2D eigenvalue weighted by Crippen LogP contribution is 2.36. The van der Waals surface area contributed by atoms with Gasteiger partial charge in [0.1, 0.15) is 5.03 Å². The molecule has 90 valence electrons. The second-order valence-corrected chi connectivity index (χ2v) is 6.01. The minimum atomic E-state index is -0.855. The summed E-state index contributed by atoms with van der Waals surface area (Å²) in [6.45, 7) is 0.950. The average Bonchev–Trinajstić information content (AvgIpc) is 2.73. The van der Waals surface area contributed by atoms with Crippen LogP contribution in [0, 0.1) is 0 Å². The average molecular weight is 248 g/mol. The number of aromatic nitrogens is 1. The standard InChI is InChI=1S/C13H16N2OS/c1-14-8-9-6-7-17(16)13-12(9)10-4-2-3-5-11(10)15-13/h2-5,9,14-15H,6-8H2,1H3. The van der Waals surface area contributed by atoms with E-state index in [1.54, 1.807) is 0 Å². The summed E-state index contributed by atoms with van der Waals surface area (Å²) in [5, 5.41) is 5.41. The summed E-state index contributed by atoms with van der Waals surface area (Å²) in [6.07, 6.45) is 1.00. The predicted octanol–water partition coefficient (Wildman–Crippen LogP) is 1.98. The molecule has 4 heteroatoms. The zero-order chi connectivity index (χ0) is 11.8. The maximum absolute atomic E-state index is 12.1. The van der Waals surface area contributed by atoms with Crippen LogP contribution in [0.25, 0.3) is 10.9 Å². The Morgan fingerprint density at radius 1 is 1.47 bits per heavy atom. The lowest BCUT2D eigenvalue weighted by Crippen LogP contribution is -2.23. The van der Waals surface area contributed by atoms with Gasteiger partial charge in [0.05, 0.1) is 10.8 Å². The van der Waals surface area contributed by atoms with Crippen molar-refractivity contribution in [2.45, 2.75) is 17.4 Å². The van der Waals surface area contributed by atoms with Crippen molar-refractivity contribution >= 4 is 21.7 Å². The van der Waals surface area contributed by atoms with Crippen molar-refractivity contribution in [2.75, 3.05) is 19.3 Å². The number of H-pyrrole nitrogens is 1. The molecule has 0 amide bonds. The first kappa shape index (κ1) is 11.0. The third kappa shape index (κ3) is 1.72. The van der Waals surface area contributed by atoms with E-state index in [0.717, 1.165) is 29.3 Å². The Bertz CT molecular complexity index is 576. The van der Waals surface area contributed by atoms with E-state index in [2.05, 4.69) is 22.4 Å². The predicted molar refractivity (Wildman–Crippen MR) is 70.9 cm³/mol. The second kappa shape index (κ2) is 4.27. The minimum absolute atomic E-state index is 0.476.